The fourth-order valence-electron chi connectivity index (χ4n) is 3.07. The second kappa shape index (κ2) is 8.03. The Kier molecular flexibility index (Phi) is 7.05. The lowest BCUT2D eigenvalue weighted by molar-refractivity contribution is 0.134. The van der Waals surface area contributed by atoms with Gasteiger partial charge >= 0.3 is 0 Å². The van der Waals surface area contributed by atoms with Crippen molar-refractivity contribution in [1.82, 2.24) is 0 Å². The lowest BCUT2D eigenvalue weighted by Crippen LogP contribution is -2.22. The Morgan fingerprint density at radius 3 is 2.44 bits per heavy atom. The van der Waals surface area contributed by atoms with Crippen molar-refractivity contribution in [3.8, 4) is 0 Å². The van der Waals surface area contributed by atoms with Gasteiger partial charge in [0.2, 0.25) is 0 Å². The van der Waals surface area contributed by atoms with E-state index < -0.39 is 19.0 Å². The average Bonchev–Trinajstić information content (AvgIpc) is 2.52. The summed E-state index contributed by atoms with van der Waals surface area (Å²) < 4.78 is 38.7. The molecule has 1 aliphatic carbocycles. The zero-order chi connectivity index (χ0) is 13.5. The van der Waals surface area contributed by atoms with Gasteiger partial charge in [0.1, 0.15) is 12.8 Å². The highest BCUT2D eigenvalue weighted by Crippen LogP contribution is 2.35. The van der Waals surface area contributed by atoms with Crippen molar-refractivity contribution in [3.63, 3.8) is 0 Å². The summed E-state index contributed by atoms with van der Waals surface area (Å²) in [7, 11) is 0. The largest absolute Gasteiger partial charge is 0.393 e. The van der Waals surface area contributed by atoms with Gasteiger partial charge in [0.15, 0.2) is 0 Å². The Morgan fingerprint density at radius 1 is 1.11 bits per heavy atom. The lowest BCUT2D eigenvalue weighted by Gasteiger charge is -2.27. The fraction of sp³-hybridized carbons (Fsp3) is 1.00. The molecule has 1 nitrogen and oxygen atoms in total. The number of halogens is 3. The van der Waals surface area contributed by atoms with Crippen LogP contribution < -0.4 is 0 Å². The quantitative estimate of drug-likeness (QED) is 0.721. The van der Waals surface area contributed by atoms with E-state index in [1.165, 1.54) is 6.92 Å². The van der Waals surface area contributed by atoms with Crippen molar-refractivity contribution in [2.75, 3.05) is 6.67 Å². The van der Waals surface area contributed by atoms with Gasteiger partial charge in [-0.2, -0.15) is 0 Å². The number of aliphatic hydroxyl groups excluding tert-OH is 1. The van der Waals surface area contributed by atoms with Crippen LogP contribution in [0, 0.1) is 11.8 Å². The van der Waals surface area contributed by atoms with Crippen LogP contribution in [0.25, 0.3) is 0 Å². The molecular formula is C14H25F3O. The van der Waals surface area contributed by atoms with Gasteiger partial charge in [-0.25, -0.2) is 13.2 Å². The predicted octanol–water partition coefficient (Wildman–Crippen LogP) is 3.99. The molecule has 0 saturated heterocycles. The minimum atomic E-state index is -1.47. The SMILES string of the molecule is CC(F)CC(CC(F)CF)C1CCCC(O)CC1. The van der Waals surface area contributed by atoms with E-state index in [4.69, 9.17) is 0 Å². The molecule has 1 fully saturated rings. The van der Waals surface area contributed by atoms with Gasteiger partial charge in [0.25, 0.3) is 0 Å². The molecule has 0 spiro atoms. The molecule has 1 N–H and O–H groups in total. The van der Waals surface area contributed by atoms with E-state index in [0.29, 0.717) is 12.8 Å². The number of hydrogen-bond donors (Lipinski definition) is 1. The Morgan fingerprint density at radius 2 is 1.83 bits per heavy atom. The Hall–Kier alpha value is -0.250. The van der Waals surface area contributed by atoms with Crippen LogP contribution >= 0.6 is 0 Å². The second-order valence-electron chi connectivity index (χ2n) is 5.69. The van der Waals surface area contributed by atoms with E-state index in [-0.39, 0.29) is 24.4 Å². The summed E-state index contributed by atoms with van der Waals surface area (Å²) in [6.07, 6.45) is 1.77. The molecular weight excluding hydrogens is 241 g/mol. The smallest absolute Gasteiger partial charge is 0.129 e. The summed E-state index contributed by atoms with van der Waals surface area (Å²) in [5, 5.41) is 9.59. The molecule has 5 atom stereocenters. The highest BCUT2D eigenvalue weighted by Gasteiger charge is 2.28. The maximum Gasteiger partial charge on any atom is 0.129 e. The first-order valence-electron chi connectivity index (χ1n) is 7.05. The molecule has 0 aromatic heterocycles. The molecule has 18 heavy (non-hydrogen) atoms. The van der Waals surface area contributed by atoms with Gasteiger partial charge in [0.05, 0.1) is 12.3 Å². The maximum absolute atomic E-state index is 13.2. The molecule has 1 rings (SSSR count). The lowest BCUT2D eigenvalue weighted by atomic mass is 9.80. The minimum absolute atomic E-state index is 0.0963. The van der Waals surface area contributed by atoms with E-state index in [2.05, 4.69) is 0 Å². The first-order valence-corrected chi connectivity index (χ1v) is 7.05. The van der Waals surface area contributed by atoms with Gasteiger partial charge in [-0.3, -0.25) is 0 Å². The van der Waals surface area contributed by atoms with Crippen molar-refractivity contribution in [2.24, 2.45) is 11.8 Å². The minimum Gasteiger partial charge on any atom is -0.393 e. The van der Waals surface area contributed by atoms with Gasteiger partial charge in [-0.1, -0.05) is 12.8 Å². The molecule has 0 amide bonds. The van der Waals surface area contributed by atoms with Crippen molar-refractivity contribution in [3.05, 3.63) is 0 Å². The number of alkyl halides is 3. The molecule has 0 heterocycles. The average molecular weight is 266 g/mol. The Bertz CT molecular complexity index is 223. The first-order chi connectivity index (χ1) is 8.52. The molecule has 0 radical (unpaired) electrons. The van der Waals surface area contributed by atoms with Crippen molar-refractivity contribution in [1.29, 1.82) is 0 Å². The van der Waals surface area contributed by atoms with Crippen LogP contribution in [-0.2, 0) is 0 Å². The third-order valence-electron chi connectivity index (χ3n) is 4.00. The number of rotatable bonds is 6. The molecule has 4 heteroatoms. The highest BCUT2D eigenvalue weighted by molar-refractivity contribution is 4.79. The van der Waals surface area contributed by atoms with Crippen LogP contribution in [0.4, 0.5) is 13.2 Å². The van der Waals surface area contributed by atoms with Gasteiger partial charge < -0.3 is 5.11 Å². The van der Waals surface area contributed by atoms with Crippen LogP contribution in [-0.4, -0.2) is 30.2 Å². The topological polar surface area (TPSA) is 20.2 Å². The summed E-state index contributed by atoms with van der Waals surface area (Å²) in [6, 6.07) is 0. The normalized spacial score (nSPS) is 30.5. The van der Waals surface area contributed by atoms with Crippen LogP contribution in [0.15, 0.2) is 0 Å². The molecule has 0 bridgehead atoms. The number of aliphatic hydroxyl groups is 1. The standard InChI is InChI=1S/C14H25F3O/c1-10(16)7-12(8-13(17)9-15)11-3-2-4-14(18)6-5-11/h10-14,18H,2-9H2,1H3. The third-order valence-corrected chi connectivity index (χ3v) is 4.00. The Labute approximate surface area is 108 Å². The molecule has 108 valence electrons. The predicted molar refractivity (Wildman–Crippen MR) is 66.7 cm³/mol. The van der Waals surface area contributed by atoms with Crippen LogP contribution in [0.3, 0.4) is 0 Å². The first kappa shape index (κ1) is 15.8. The van der Waals surface area contributed by atoms with E-state index in [0.717, 1.165) is 25.7 Å². The van der Waals surface area contributed by atoms with E-state index in [1.54, 1.807) is 0 Å². The van der Waals surface area contributed by atoms with Crippen molar-refractivity contribution < 1.29 is 18.3 Å². The molecule has 0 aromatic rings. The molecule has 0 aromatic carbocycles. The molecule has 0 aliphatic heterocycles. The van der Waals surface area contributed by atoms with Crippen molar-refractivity contribution in [2.45, 2.75) is 70.3 Å². The van der Waals surface area contributed by atoms with E-state index in [9.17, 15) is 18.3 Å². The zero-order valence-electron chi connectivity index (χ0n) is 11.1. The monoisotopic (exact) mass is 266 g/mol. The van der Waals surface area contributed by atoms with Gasteiger partial charge in [-0.15, -0.1) is 0 Å². The third kappa shape index (κ3) is 5.59. The van der Waals surface area contributed by atoms with Gasteiger partial charge in [0, 0.05) is 0 Å². The maximum atomic E-state index is 13.2. The summed E-state index contributed by atoms with van der Waals surface area (Å²) >= 11 is 0. The summed E-state index contributed by atoms with van der Waals surface area (Å²) in [5.41, 5.74) is 0. The number of hydrogen-bond acceptors (Lipinski definition) is 1. The highest BCUT2D eigenvalue weighted by atomic mass is 19.2. The summed E-state index contributed by atoms with van der Waals surface area (Å²) in [4.78, 5) is 0. The van der Waals surface area contributed by atoms with E-state index >= 15 is 0 Å². The fourth-order valence-corrected chi connectivity index (χ4v) is 3.07. The van der Waals surface area contributed by atoms with Crippen LogP contribution in [0.1, 0.15) is 51.9 Å². The Balaban J connectivity index is 2.56. The molecule has 5 unspecified atom stereocenters. The molecule has 1 saturated carbocycles. The van der Waals surface area contributed by atoms with Gasteiger partial charge in [-0.05, 0) is 50.9 Å². The van der Waals surface area contributed by atoms with E-state index in [1.807, 2.05) is 0 Å². The zero-order valence-corrected chi connectivity index (χ0v) is 11.1. The molecule has 1 aliphatic rings. The summed E-state index contributed by atoms with van der Waals surface area (Å²) in [5.74, 6) is 0.131. The van der Waals surface area contributed by atoms with Crippen LogP contribution in [0.2, 0.25) is 0 Å². The van der Waals surface area contributed by atoms with Crippen molar-refractivity contribution >= 4 is 0 Å². The van der Waals surface area contributed by atoms with Crippen LogP contribution in [0.5, 0.6) is 0 Å². The second-order valence-corrected chi connectivity index (χ2v) is 5.69. The summed E-state index contributed by atoms with van der Waals surface area (Å²) in [6.45, 7) is 0.494.